The lowest BCUT2D eigenvalue weighted by Gasteiger charge is -2.28. The highest BCUT2D eigenvalue weighted by Gasteiger charge is 2.42. The molecule has 2 aromatic carbocycles. The molecule has 2 aromatic heterocycles. The summed E-state index contributed by atoms with van der Waals surface area (Å²) in [5, 5.41) is 0.987. The number of sulfonamides is 1. The Hall–Kier alpha value is -2.85. The Morgan fingerprint density at radius 3 is 2.62 bits per heavy atom. The Labute approximate surface area is 225 Å². The van der Waals surface area contributed by atoms with E-state index in [4.69, 9.17) is 16.6 Å². The van der Waals surface area contributed by atoms with Crippen LogP contribution in [0.5, 0.6) is 0 Å². The molecule has 0 spiro atoms. The fourth-order valence-corrected chi connectivity index (χ4v) is 7.41. The number of fused-ring (bicyclic) bond motifs is 1. The third-order valence-electron chi connectivity index (χ3n) is 6.51. The van der Waals surface area contributed by atoms with E-state index in [0.29, 0.717) is 28.7 Å². The summed E-state index contributed by atoms with van der Waals surface area (Å²) in [4.78, 5) is 25.1. The predicted molar refractivity (Wildman–Crippen MR) is 148 cm³/mol. The quantitative estimate of drug-likeness (QED) is 0.286. The van der Waals surface area contributed by atoms with Crippen LogP contribution in [0, 0.1) is 0 Å². The second-order valence-corrected chi connectivity index (χ2v) is 12.7. The third kappa shape index (κ3) is 5.13. The van der Waals surface area contributed by atoms with E-state index in [1.165, 1.54) is 27.8 Å². The Balaban J connectivity index is 1.54. The average molecular weight is 555 g/mol. The number of nitrogens with zero attached hydrogens (tertiary/aromatic N) is 4. The molecule has 0 aliphatic carbocycles. The van der Waals surface area contributed by atoms with E-state index in [9.17, 15) is 13.2 Å². The Bertz CT molecular complexity index is 1520. The zero-order valence-electron chi connectivity index (χ0n) is 20.5. The second kappa shape index (κ2) is 10.5. The van der Waals surface area contributed by atoms with Crippen LogP contribution in [-0.2, 0) is 21.4 Å². The summed E-state index contributed by atoms with van der Waals surface area (Å²) in [5.41, 5.74) is 2.68. The molecule has 4 aromatic rings. The molecule has 1 aliphatic heterocycles. The summed E-state index contributed by atoms with van der Waals surface area (Å²) >= 11 is 7.40. The van der Waals surface area contributed by atoms with Crippen molar-refractivity contribution in [1.82, 2.24) is 14.3 Å². The summed E-state index contributed by atoms with van der Waals surface area (Å²) in [5.74, 6) is -0.0284. The van der Waals surface area contributed by atoms with Gasteiger partial charge < -0.3 is 0 Å². The Morgan fingerprint density at radius 2 is 1.92 bits per heavy atom. The first-order valence-corrected chi connectivity index (χ1v) is 14.8. The van der Waals surface area contributed by atoms with Gasteiger partial charge in [-0.2, -0.15) is 4.31 Å². The molecule has 1 aliphatic rings. The summed E-state index contributed by atoms with van der Waals surface area (Å²) in [7, 11) is -3.89. The predicted octanol–water partition coefficient (Wildman–Crippen LogP) is 5.85. The number of amides is 1. The highest BCUT2D eigenvalue weighted by Crippen LogP contribution is 2.36. The lowest BCUT2D eigenvalue weighted by Crippen LogP contribution is -2.47. The number of carbonyl (C=O) groups is 1. The van der Waals surface area contributed by atoms with Crippen LogP contribution in [0.3, 0.4) is 0 Å². The monoisotopic (exact) mass is 554 g/mol. The van der Waals surface area contributed by atoms with E-state index in [-0.39, 0.29) is 29.8 Å². The molecule has 192 valence electrons. The van der Waals surface area contributed by atoms with Crippen molar-refractivity contribution >= 4 is 54.2 Å². The summed E-state index contributed by atoms with van der Waals surface area (Å²) in [6.45, 7) is 4.70. The Kier molecular flexibility index (Phi) is 7.31. The Morgan fingerprint density at radius 1 is 1.14 bits per heavy atom. The molecule has 1 amide bonds. The number of aromatic nitrogens is 2. The minimum absolute atomic E-state index is 0.120. The molecule has 0 saturated carbocycles. The summed E-state index contributed by atoms with van der Waals surface area (Å²) in [6, 6.07) is 16.8. The highest BCUT2D eigenvalue weighted by atomic mass is 35.5. The van der Waals surface area contributed by atoms with Crippen LogP contribution in [0.4, 0.5) is 5.13 Å². The van der Waals surface area contributed by atoms with Gasteiger partial charge in [-0.3, -0.25) is 14.7 Å². The summed E-state index contributed by atoms with van der Waals surface area (Å²) in [6.07, 6.45) is 2.71. The molecule has 7 nitrogen and oxygen atoms in total. The number of benzene rings is 2. The molecular weight excluding hydrogens is 528 g/mol. The van der Waals surface area contributed by atoms with Gasteiger partial charge in [0, 0.05) is 17.8 Å². The molecule has 1 atom stereocenters. The van der Waals surface area contributed by atoms with Crippen molar-refractivity contribution in [3.05, 3.63) is 83.1 Å². The number of halogens is 1. The van der Waals surface area contributed by atoms with Gasteiger partial charge in [0.15, 0.2) is 5.13 Å². The van der Waals surface area contributed by atoms with E-state index in [1.807, 2.05) is 30.3 Å². The van der Waals surface area contributed by atoms with Crippen LogP contribution in [0.15, 0.2) is 71.8 Å². The molecule has 5 rings (SSSR count). The molecule has 1 unspecified atom stereocenters. The number of pyridine rings is 1. The van der Waals surface area contributed by atoms with Gasteiger partial charge in [-0.15, -0.1) is 0 Å². The maximum Gasteiger partial charge on any atom is 0.247 e. The fourth-order valence-electron chi connectivity index (χ4n) is 4.63. The van der Waals surface area contributed by atoms with Gasteiger partial charge in [0.25, 0.3) is 0 Å². The zero-order chi connectivity index (χ0) is 26.2. The van der Waals surface area contributed by atoms with Crippen LogP contribution in [-0.4, -0.2) is 41.2 Å². The van der Waals surface area contributed by atoms with Crippen molar-refractivity contribution in [2.24, 2.45) is 0 Å². The normalized spacial score (nSPS) is 16.5. The van der Waals surface area contributed by atoms with Crippen molar-refractivity contribution in [3.8, 4) is 0 Å². The van der Waals surface area contributed by atoms with Crippen LogP contribution < -0.4 is 4.90 Å². The molecular formula is C27H27ClN4O3S2. The minimum Gasteiger partial charge on any atom is -0.281 e. The first-order valence-electron chi connectivity index (χ1n) is 12.1. The molecule has 0 N–H and O–H groups in total. The first-order chi connectivity index (χ1) is 17.8. The second-order valence-electron chi connectivity index (χ2n) is 9.32. The molecule has 10 heteroatoms. The van der Waals surface area contributed by atoms with Gasteiger partial charge in [-0.25, -0.2) is 13.4 Å². The molecule has 0 bridgehead atoms. The smallest absolute Gasteiger partial charge is 0.247 e. The van der Waals surface area contributed by atoms with Crippen LogP contribution in [0.25, 0.3) is 10.2 Å². The van der Waals surface area contributed by atoms with Gasteiger partial charge in [0.2, 0.25) is 15.9 Å². The number of hydrogen-bond acceptors (Lipinski definition) is 6. The highest BCUT2D eigenvalue weighted by molar-refractivity contribution is 7.89. The fraction of sp³-hybridized carbons (Fsp3) is 0.296. The standard InChI is InChI=1S/C27H27ClN4O3S2/c1-18(2)22-8-5-10-24-25(22)30-27(36-24)31(17-20-7-3-4-15-29-20)26(33)23-9-6-16-32(23)37(34,35)21-13-11-19(28)12-14-21/h3-5,7-8,10-15,18,23H,6,9,16-17H2,1-2H3. The van der Waals surface area contributed by atoms with E-state index in [1.54, 1.807) is 23.2 Å². The molecule has 0 radical (unpaired) electrons. The van der Waals surface area contributed by atoms with Crippen molar-refractivity contribution < 1.29 is 13.2 Å². The molecule has 1 fully saturated rings. The van der Waals surface area contributed by atoms with Gasteiger partial charge in [-0.1, -0.05) is 55.0 Å². The minimum atomic E-state index is -3.89. The lowest BCUT2D eigenvalue weighted by atomic mass is 10.0. The lowest BCUT2D eigenvalue weighted by molar-refractivity contribution is -0.121. The topological polar surface area (TPSA) is 83.5 Å². The molecule has 3 heterocycles. The SMILES string of the molecule is CC(C)c1cccc2sc(N(Cc3ccccn3)C(=O)C3CCCN3S(=O)(=O)c3ccc(Cl)cc3)nc12. The van der Waals surface area contributed by atoms with Crippen LogP contribution in [0.1, 0.15) is 43.9 Å². The van der Waals surface area contributed by atoms with E-state index in [2.05, 4.69) is 24.9 Å². The number of para-hydroxylation sites is 1. The number of rotatable bonds is 7. The van der Waals surface area contributed by atoms with E-state index < -0.39 is 16.1 Å². The molecule has 37 heavy (non-hydrogen) atoms. The maximum atomic E-state index is 14.1. The zero-order valence-corrected chi connectivity index (χ0v) is 22.9. The van der Waals surface area contributed by atoms with Crippen LogP contribution in [0.2, 0.25) is 5.02 Å². The van der Waals surface area contributed by atoms with Gasteiger partial charge in [0.05, 0.1) is 27.4 Å². The van der Waals surface area contributed by atoms with Gasteiger partial charge >= 0.3 is 0 Å². The largest absolute Gasteiger partial charge is 0.281 e. The molecule has 1 saturated heterocycles. The first kappa shape index (κ1) is 25.8. The number of carbonyl (C=O) groups excluding carboxylic acids is 1. The van der Waals surface area contributed by atoms with Crippen molar-refractivity contribution in [2.75, 3.05) is 11.4 Å². The van der Waals surface area contributed by atoms with E-state index >= 15 is 0 Å². The van der Waals surface area contributed by atoms with Crippen molar-refractivity contribution in [2.45, 2.75) is 50.1 Å². The average Bonchev–Trinajstić information content (AvgIpc) is 3.55. The van der Waals surface area contributed by atoms with Gasteiger partial charge in [-0.05, 0) is 66.8 Å². The van der Waals surface area contributed by atoms with Crippen molar-refractivity contribution in [3.63, 3.8) is 0 Å². The number of thiazole rings is 1. The van der Waals surface area contributed by atoms with Gasteiger partial charge in [0.1, 0.15) is 6.04 Å². The maximum absolute atomic E-state index is 14.1. The third-order valence-corrected chi connectivity index (χ3v) is 9.73. The van der Waals surface area contributed by atoms with Crippen LogP contribution >= 0.6 is 22.9 Å². The number of hydrogen-bond donors (Lipinski definition) is 0. The number of anilines is 1. The van der Waals surface area contributed by atoms with E-state index in [0.717, 1.165) is 15.8 Å². The summed E-state index contributed by atoms with van der Waals surface area (Å²) < 4.78 is 29.4. The van der Waals surface area contributed by atoms with Crippen molar-refractivity contribution in [1.29, 1.82) is 0 Å².